The number of thiophene rings is 1. The molecule has 4 nitrogen and oxygen atoms in total. The maximum absolute atomic E-state index is 6.29. The summed E-state index contributed by atoms with van der Waals surface area (Å²) in [6.07, 6.45) is 1.79. The number of aromatic nitrogens is 2. The highest BCUT2D eigenvalue weighted by atomic mass is 32.1. The van der Waals surface area contributed by atoms with Gasteiger partial charge in [-0.05, 0) is 30.0 Å². The van der Waals surface area contributed by atoms with Gasteiger partial charge in [-0.2, -0.15) is 5.10 Å². The molecule has 2 heterocycles. The summed E-state index contributed by atoms with van der Waals surface area (Å²) in [7, 11) is 1.69. The molecule has 1 unspecified atom stereocenters. The molecule has 1 atom stereocenters. The largest absolute Gasteiger partial charge is 0.383 e. The Kier molecular flexibility index (Phi) is 3.93. The molecule has 0 aliphatic carbocycles. The molecule has 0 bridgehead atoms. The minimum atomic E-state index is -0.102. The molecule has 0 amide bonds. The number of aryl methyl sites for hydroxylation is 1. The molecule has 0 saturated heterocycles. The quantitative estimate of drug-likeness (QED) is 0.883. The molecule has 0 fully saturated rings. The molecular weight excluding hydrogens is 234 g/mol. The third kappa shape index (κ3) is 2.57. The van der Waals surface area contributed by atoms with E-state index in [1.807, 2.05) is 10.7 Å². The first-order valence-corrected chi connectivity index (χ1v) is 6.42. The van der Waals surface area contributed by atoms with Crippen molar-refractivity contribution in [3.05, 3.63) is 39.8 Å². The predicted octanol–water partition coefficient (Wildman–Crippen LogP) is 1.95. The fourth-order valence-electron chi connectivity index (χ4n) is 1.81. The van der Waals surface area contributed by atoms with Crippen LogP contribution >= 0.6 is 11.3 Å². The van der Waals surface area contributed by atoms with Crippen LogP contribution in [0.15, 0.2) is 23.7 Å². The molecule has 2 aromatic rings. The Balaban J connectivity index is 2.22. The van der Waals surface area contributed by atoms with E-state index < -0.39 is 0 Å². The smallest absolute Gasteiger partial charge is 0.0819 e. The SMILES string of the molecule is COCCn1nccc1C(N)c1sccc1C. The van der Waals surface area contributed by atoms with Gasteiger partial charge in [0, 0.05) is 18.2 Å². The highest BCUT2D eigenvalue weighted by molar-refractivity contribution is 7.10. The fraction of sp³-hybridized carbons (Fsp3) is 0.417. The minimum absolute atomic E-state index is 0.102. The Morgan fingerprint density at radius 2 is 2.35 bits per heavy atom. The molecule has 0 saturated carbocycles. The molecule has 92 valence electrons. The van der Waals surface area contributed by atoms with Crippen LogP contribution in [0, 0.1) is 6.92 Å². The topological polar surface area (TPSA) is 53.1 Å². The van der Waals surface area contributed by atoms with Crippen molar-refractivity contribution < 1.29 is 4.74 Å². The second-order valence-electron chi connectivity index (χ2n) is 3.92. The average molecular weight is 251 g/mol. The summed E-state index contributed by atoms with van der Waals surface area (Å²) in [6, 6.07) is 3.96. The summed E-state index contributed by atoms with van der Waals surface area (Å²) in [5.74, 6) is 0. The molecule has 2 rings (SSSR count). The first-order valence-electron chi connectivity index (χ1n) is 5.54. The molecule has 17 heavy (non-hydrogen) atoms. The maximum Gasteiger partial charge on any atom is 0.0819 e. The van der Waals surface area contributed by atoms with Crippen molar-refractivity contribution in [2.45, 2.75) is 19.5 Å². The lowest BCUT2D eigenvalue weighted by atomic mass is 10.1. The molecule has 2 N–H and O–H groups in total. The van der Waals surface area contributed by atoms with Gasteiger partial charge in [0.1, 0.15) is 0 Å². The van der Waals surface area contributed by atoms with Crippen molar-refractivity contribution in [1.29, 1.82) is 0 Å². The van der Waals surface area contributed by atoms with E-state index in [0.29, 0.717) is 6.61 Å². The second kappa shape index (κ2) is 5.44. The van der Waals surface area contributed by atoms with E-state index >= 15 is 0 Å². The van der Waals surface area contributed by atoms with Crippen LogP contribution < -0.4 is 5.73 Å². The van der Waals surface area contributed by atoms with Gasteiger partial charge in [0.25, 0.3) is 0 Å². The van der Waals surface area contributed by atoms with Crippen molar-refractivity contribution in [3.8, 4) is 0 Å². The van der Waals surface area contributed by atoms with Crippen LogP contribution in [0.5, 0.6) is 0 Å². The van der Waals surface area contributed by atoms with E-state index in [9.17, 15) is 0 Å². The number of hydrogen-bond acceptors (Lipinski definition) is 4. The number of hydrogen-bond donors (Lipinski definition) is 1. The minimum Gasteiger partial charge on any atom is -0.383 e. The summed E-state index contributed by atoms with van der Waals surface area (Å²) in [6.45, 7) is 3.46. The van der Waals surface area contributed by atoms with Crippen LogP contribution in [0.4, 0.5) is 0 Å². The van der Waals surface area contributed by atoms with Gasteiger partial charge in [-0.3, -0.25) is 4.68 Å². The Morgan fingerprint density at radius 3 is 3.00 bits per heavy atom. The van der Waals surface area contributed by atoms with E-state index in [1.165, 1.54) is 10.4 Å². The van der Waals surface area contributed by atoms with Crippen LogP contribution in [0.25, 0.3) is 0 Å². The summed E-state index contributed by atoms with van der Waals surface area (Å²) < 4.78 is 6.98. The Hall–Kier alpha value is -1.17. The first-order chi connectivity index (χ1) is 8.24. The summed E-state index contributed by atoms with van der Waals surface area (Å²) in [5, 5.41) is 6.35. The maximum atomic E-state index is 6.29. The van der Waals surface area contributed by atoms with Gasteiger partial charge in [0.15, 0.2) is 0 Å². The van der Waals surface area contributed by atoms with E-state index in [1.54, 1.807) is 24.6 Å². The second-order valence-corrected chi connectivity index (χ2v) is 4.87. The highest BCUT2D eigenvalue weighted by Crippen LogP contribution is 2.27. The third-order valence-corrected chi connectivity index (χ3v) is 3.86. The number of methoxy groups -OCH3 is 1. The fourth-order valence-corrected chi connectivity index (χ4v) is 2.75. The average Bonchev–Trinajstić information content (AvgIpc) is 2.94. The summed E-state index contributed by atoms with van der Waals surface area (Å²) in [5.41, 5.74) is 8.56. The van der Waals surface area contributed by atoms with E-state index in [0.717, 1.165) is 12.2 Å². The van der Waals surface area contributed by atoms with Crippen LogP contribution in [0.2, 0.25) is 0 Å². The molecule has 0 aliphatic rings. The zero-order valence-corrected chi connectivity index (χ0v) is 10.9. The van der Waals surface area contributed by atoms with Crippen LogP contribution in [0.1, 0.15) is 22.2 Å². The number of ether oxygens (including phenoxy) is 1. The van der Waals surface area contributed by atoms with Crippen molar-refractivity contribution in [2.75, 3.05) is 13.7 Å². The van der Waals surface area contributed by atoms with Gasteiger partial charge in [-0.15, -0.1) is 11.3 Å². The van der Waals surface area contributed by atoms with Gasteiger partial charge in [0.05, 0.1) is 24.9 Å². The number of nitrogens with two attached hydrogens (primary N) is 1. The molecular formula is C12H17N3OS. The Labute approximate surface area is 105 Å². The first kappa shape index (κ1) is 12.3. The number of nitrogens with zero attached hydrogens (tertiary/aromatic N) is 2. The standard InChI is InChI=1S/C12H17N3OS/c1-9-4-8-17-12(9)11(13)10-3-5-14-15(10)6-7-16-2/h3-5,8,11H,6-7,13H2,1-2H3. The van der Waals surface area contributed by atoms with Crippen molar-refractivity contribution in [2.24, 2.45) is 5.73 Å². The van der Waals surface area contributed by atoms with Gasteiger partial charge < -0.3 is 10.5 Å². The van der Waals surface area contributed by atoms with Gasteiger partial charge in [0.2, 0.25) is 0 Å². The van der Waals surface area contributed by atoms with E-state index in [4.69, 9.17) is 10.5 Å². The van der Waals surface area contributed by atoms with Crippen molar-refractivity contribution in [1.82, 2.24) is 9.78 Å². The molecule has 0 radical (unpaired) electrons. The molecule has 0 aliphatic heterocycles. The monoisotopic (exact) mass is 251 g/mol. The van der Waals surface area contributed by atoms with Crippen LogP contribution in [-0.2, 0) is 11.3 Å². The normalized spacial score (nSPS) is 12.9. The molecule has 0 aromatic carbocycles. The van der Waals surface area contributed by atoms with Gasteiger partial charge in [-0.1, -0.05) is 0 Å². The van der Waals surface area contributed by atoms with Crippen LogP contribution in [-0.4, -0.2) is 23.5 Å². The summed E-state index contributed by atoms with van der Waals surface area (Å²) >= 11 is 1.69. The molecule has 2 aromatic heterocycles. The van der Waals surface area contributed by atoms with Gasteiger partial charge in [-0.25, -0.2) is 0 Å². The zero-order chi connectivity index (χ0) is 12.3. The van der Waals surface area contributed by atoms with E-state index in [-0.39, 0.29) is 6.04 Å². The van der Waals surface area contributed by atoms with Crippen molar-refractivity contribution >= 4 is 11.3 Å². The lowest BCUT2D eigenvalue weighted by molar-refractivity contribution is 0.182. The van der Waals surface area contributed by atoms with Crippen molar-refractivity contribution in [3.63, 3.8) is 0 Å². The third-order valence-electron chi connectivity index (χ3n) is 2.76. The lowest BCUT2D eigenvalue weighted by Crippen LogP contribution is -2.18. The zero-order valence-electron chi connectivity index (χ0n) is 10.1. The van der Waals surface area contributed by atoms with Crippen LogP contribution in [0.3, 0.4) is 0 Å². The lowest BCUT2D eigenvalue weighted by Gasteiger charge is -2.13. The summed E-state index contributed by atoms with van der Waals surface area (Å²) in [4.78, 5) is 1.20. The number of rotatable bonds is 5. The molecule has 5 heteroatoms. The Morgan fingerprint density at radius 1 is 1.53 bits per heavy atom. The predicted molar refractivity (Wildman–Crippen MR) is 69.2 cm³/mol. The highest BCUT2D eigenvalue weighted by Gasteiger charge is 2.16. The van der Waals surface area contributed by atoms with Gasteiger partial charge >= 0.3 is 0 Å². The Bertz CT molecular complexity index is 478. The molecule has 0 spiro atoms. The van der Waals surface area contributed by atoms with E-state index in [2.05, 4.69) is 23.5 Å².